The van der Waals surface area contributed by atoms with E-state index >= 15 is 0 Å². The zero-order valence-corrected chi connectivity index (χ0v) is 15.0. The van der Waals surface area contributed by atoms with Gasteiger partial charge in [0.05, 0.1) is 5.92 Å². The maximum Gasteiger partial charge on any atom is 0.253 e. The molecule has 0 radical (unpaired) electrons. The topological polar surface area (TPSA) is 52.7 Å². The summed E-state index contributed by atoms with van der Waals surface area (Å²) in [6.45, 7) is 6.36. The quantitative estimate of drug-likeness (QED) is 0.882. The Morgan fingerprint density at radius 3 is 2.25 bits per heavy atom. The van der Waals surface area contributed by atoms with Gasteiger partial charge in [-0.2, -0.15) is 0 Å². The monoisotopic (exact) mass is 351 g/mol. The predicted octanol–water partition coefficient (Wildman–Crippen LogP) is 1.70. The highest BCUT2D eigenvalue weighted by molar-refractivity contribution is 5.94. The molecule has 2 amide bonds. The van der Waals surface area contributed by atoms with E-state index in [1.54, 1.807) is 0 Å². The summed E-state index contributed by atoms with van der Waals surface area (Å²) in [7, 11) is 0. The molecule has 1 atom stereocenters. The highest BCUT2D eigenvalue weighted by Gasteiger charge is 2.29. The van der Waals surface area contributed by atoms with Crippen LogP contribution in [0.3, 0.4) is 0 Å². The van der Waals surface area contributed by atoms with Gasteiger partial charge in [-0.15, -0.1) is 12.4 Å². The SMILES string of the molecule is Cc1ccc(C(=O)N2CCN(C(=O)C3CCCNC3)CC2)cc1.Cl. The van der Waals surface area contributed by atoms with Gasteiger partial charge in [0.15, 0.2) is 0 Å². The summed E-state index contributed by atoms with van der Waals surface area (Å²) in [5, 5.41) is 3.30. The van der Waals surface area contributed by atoms with E-state index in [0.717, 1.165) is 37.1 Å². The van der Waals surface area contributed by atoms with Crippen LogP contribution in [0.4, 0.5) is 0 Å². The second kappa shape index (κ2) is 8.49. The van der Waals surface area contributed by atoms with Crippen molar-refractivity contribution in [1.82, 2.24) is 15.1 Å². The van der Waals surface area contributed by atoms with Crippen molar-refractivity contribution in [2.45, 2.75) is 19.8 Å². The van der Waals surface area contributed by atoms with Crippen LogP contribution in [-0.4, -0.2) is 60.9 Å². The van der Waals surface area contributed by atoms with Gasteiger partial charge in [0.1, 0.15) is 0 Å². The third-order valence-electron chi connectivity index (χ3n) is 4.82. The molecule has 0 bridgehead atoms. The second-order valence-corrected chi connectivity index (χ2v) is 6.53. The van der Waals surface area contributed by atoms with Crippen LogP contribution in [0.15, 0.2) is 24.3 Å². The molecule has 2 heterocycles. The molecule has 1 aromatic carbocycles. The van der Waals surface area contributed by atoms with Gasteiger partial charge < -0.3 is 15.1 Å². The fraction of sp³-hybridized carbons (Fsp3) is 0.556. The van der Waals surface area contributed by atoms with Crippen LogP contribution in [-0.2, 0) is 4.79 Å². The lowest BCUT2D eigenvalue weighted by atomic mass is 9.98. The van der Waals surface area contributed by atoms with Crippen LogP contribution in [0.2, 0.25) is 0 Å². The predicted molar refractivity (Wildman–Crippen MR) is 96.5 cm³/mol. The Labute approximate surface area is 149 Å². The lowest BCUT2D eigenvalue weighted by molar-refractivity contribution is -0.137. The van der Waals surface area contributed by atoms with Crippen LogP contribution in [0.5, 0.6) is 0 Å². The standard InChI is InChI=1S/C18H25N3O2.ClH/c1-14-4-6-15(7-5-14)17(22)20-9-11-21(12-10-20)18(23)16-3-2-8-19-13-16;/h4-7,16,19H,2-3,8-13H2,1H3;1H. The number of piperidine rings is 1. The third kappa shape index (κ3) is 4.28. The first-order valence-corrected chi connectivity index (χ1v) is 8.50. The molecule has 2 fully saturated rings. The molecule has 2 aliphatic heterocycles. The Morgan fingerprint density at radius 2 is 1.67 bits per heavy atom. The van der Waals surface area contributed by atoms with E-state index in [4.69, 9.17) is 0 Å². The van der Waals surface area contributed by atoms with Gasteiger partial charge in [0.25, 0.3) is 5.91 Å². The lowest BCUT2D eigenvalue weighted by Gasteiger charge is -2.37. The molecule has 0 saturated carbocycles. The molecule has 1 aromatic rings. The van der Waals surface area contributed by atoms with Crippen LogP contribution in [0.25, 0.3) is 0 Å². The van der Waals surface area contributed by atoms with Crippen LogP contribution in [0, 0.1) is 12.8 Å². The van der Waals surface area contributed by atoms with Crippen molar-refractivity contribution in [3.8, 4) is 0 Å². The van der Waals surface area contributed by atoms with Gasteiger partial charge >= 0.3 is 0 Å². The molecule has 3 rings (SSSR count). The number of rotatable bonds is 2. The first-order valence-electron chi connectivity index (χ1n) is 8.50. The van der Waals surface area contributed by atoms with Gasteiger partial charge in [-0.3, -0.25) is 9.59 Å². The number of aryl methyl sites for hydroxylation is 1. The zero-order valence-electron chi connectivity index (χ0n) is 14.2. The number of nitrogens with one attached hydrogen (secondary N) is 1. The Kier molecular flexibility index (Phi) is 6.63. The van der Waals surface area contributed by atoms with Gasteiger partial charge in [-0.1, -0.05) is 17.7 Å². The van der Waals surface area contributed by atoms with E-state index in [1.807, 2.05) is 41.0 Å². The summed E-state index contributed by atoms with van der Waals surface area (Å²) in [6, 6.07) is 7.68. The molecule has 1 N–H and O–H groups in total. The van der Waals surface area contributed by atoms with E-state index in [1.165, 1.54) is 0 Å². The van der Waals surface area contributed by atoms with Crippen molar-refractivity contribution < 1.29 is 9.59 Å². The van der Waals surface area contributed by atoms with Crippen molar-refractivity contribution >= 4 is 24.2 Å². The number of amides is 2. The molecular formula is C18H26ClN3O2. The van der Waals surface area contributed by atoms with Crippen molar-refractivity contribution in [2.75, 3.05) is 39.3 Å². The zero-order chi connectivity index (χ0) is 16.2. The average molecular weight is 352 g/mol. The number of hydrogen-bond acceptors (Lipinski definition) is 3. The summed E-state index contributed by atoms with van der Waals surface area (Å²) in [5.41, 5.74) is 1.88. The number of carbonyl (C=O) groups is 2. The van der Waals surface area contributed by atoms with E-state index in [2.05, 4.69) is 5.32 Å². The van der Waals surface area contributed by atoms with Crippen LogP contribution < -0.4 is 5.32 Å². The Morgan fingerprint density at radius 1 is 1.04 bits per heavy atom. The molecule has 1 unspecified atom stereocenters. The summed E-state index contributed by atoms with van der Waals surface area (Å²) < 4.78 is 0. The molecule has 5 nitrogen and oxygen atoms in total. The lowest BCUT2D eigenvalue weighted by Crippen LogP contribution is -2.53. The van der Waals surface area contributed by atoms with E-state index in [-0.39, 0.29) is 30.1 Å². The molecule has 2 aliphatic rings. The Bertz CT molecular complexity index is 562. The van der Waals surface area contributed by atoms with Crippen molar-refractivity contribution in [1.29, 1.82) is 0 Å². The minimum Gasteiger partial charge on any atom is -0.339 e. The minimum absolute atomic E-state index is 0. The largest absolute Gasteiger partial charge is 0.339 e. The highest BCUT2D eigenvalue weighted by Crippen LogP contribution is 2.16. The summed E-state index contributed by atoms with van der Waals surface area (Å²) >= 11 is 0. The maximum atomic E-state index is 12.5. The normalized spacial score (nSPS) is 21.1. The van der Waals surface area contributed by atoms with E-state index in [9.17, 15) is 9.59 Å². The average Bonchev–Trinajstić information content (AvgIpc) is 2.62. The molecule has 0 aromatic heterocycles. The fourth-order valence-electron chi connectivity index (χ4n) is 3.33. The summed E-state index contributed by atoms with van der Waals surface area (Å²) in [6.07, 6.45) is 2.05. The van der Waals surface area contributed by atoms with Gasteiger partial charge in [0, 0.05) is 38.3 Å². The summed E-state index contributed by atoms with van der Waals surface area (Å²) in [5.74, 6) is 0.430. The first kappa shape index (κ1) is 18.7. The Balaban J connectivity index is 0.00000208. The van der Waals surface area contributed by atoms with E-state index in [0.29, 0.717) is 26.2 Å². The van der Waals surface area contributed by atoms with Crippen molar-refractivity contribution in [2.24, 2.45) is 5.92 Å². The van der Waals surface area contributed by atoms with Gasteiger partial charge in [-0.05, 0) is 38.4 Å². The number of benzene rings is 1. The fourth-order valence-corrected chi connectivity index (χ4v) is 3.33. The molecule has 0 aliphatic carbocycles. The third-order valence-corrected chi connectivity index (χ3v) is 4.82. The highest BCUT2D eigenvalue weighted by atomic mass is 35.5. The van der Waals surface area contributed by atoms with Crippen LogP contribution >= 0.6 is 12.4 Å². The maximum absolute atomic E-state index is 12.5. The molecule has 0 spiro atoms. The smallest absolute Gasteiger partial charge is 0.253 e. The number of halogens is 1. The van der Waals surface area contributed by atoms with Crippen molar-refractivity contribution in [3.63, 3.8) is 0 Å². The summed E-state index contributed by atoms with van der Waals surface area (Å²) in [4.78, 5) is 28.8. The number of nitrogens with zero attached hydrogens (tertiary/aromatic N) is 2. The number of hydrogen-bond donors (Lipinski definition) is 1. The molecule has 2 saturated heterocycles. The molecule has 6 heteroatoms. The second-order valence-electron chi connectivity index (χ2n) is 6.53. The molecule has 132 valence electrons. The molecular weight excluding hydrogens is 326 g/mol. The van der Waals surface area contributed by atoms with Gasteiger partial charge in [0.2, 0.25) is 5.91 Å². The van der Waals surface area contributed by atoms with Crippen molar-refractivity contribution in [3.05, 3.63) is 35.4 Å². The Hall–Kier alpha value is -1.59. The van der Waals surface area contributed by atoms with E-state index < -0.39 is 0 Å². The first-order chi connectivity index (χ1) is 11.1. The molecule has 24 heavy (non-hydrogen) atoms. The van der Waals surface area contributed by atoms with Gasteiger partial charge in [-0.25, -0.2) is 0 Å². The van der Waals surface area contributed by atoms with Crippen LogP contribution in [0.1, 0.15) is 28.8 Å². The number of carbonyl (C=O) groups excluding carboxylic acids is 2. The number of piperazine rings is 1. The minimum atomic E-state index is 0.